The zero-order valence-corrected chi connectivity index (χ0v) is 6.96. The summed E-state index contributed by atoms with van der Waals surface area (Å²) in [5.74, 6) is 0. The molecule has 1 aromatic rings. The summed E-state index contributed by atoms with van der Waals surface area (Å²) < 4.78 is 0. The van der Waals surface area contributed by atoms with E-state index in [0.29, 0.717) is 0 Å². The van der Waals surface area contributed by atoms with Crippen LogP contribution in [0.3, 0.4) is 0 Å². The van der Waals surface area contributed by atoms with E-state index < -0.39 is 0 Å². The normalized spacial score (nSPS) is 7.18. The summed E-state index contributed by atoms with van der Waals surface area (Å²) in [6.07, 6.45) is 2.85. The minimum Gasteiger partial charge on any atom is -0.261 e. The Morgan fingerprint density at radius 1 is 1.27 bits per heavy atom. The lowest BCUT2D eigenvalue weighted by atomic mass is 10.3. The molecule has 1 heterocycles. The Balaban J connectivity index is 0. The summed E-state index contributed by atoms with van der Waals surface area (Å²) in [5, 5.41) is 0. The average Bonchev–Trinajstić information content (AvgIpc) is 2.10. The summed E-state index contributed by atoms with van der Waals surface area (Å²) in [6.45, 7) is 6.10. The van der Waals surface area contributed by atoms with Gasteiger partial charge in [-0.3, -0.25) is 4.98 Å². The van der Waals surface area contributed by atoms with E-state index in [2.05, 4.69) is 11.9 Å². The first-order valence-corrected chi connectivity index (χ1v) is 3.83. The second-order valence-electron chi connectivity index (χ2n) is 1.67. The molecule has 0 saturated heterocycles. The van der Waals surface area contributed by atoms with E-state index in [1.165, 1.54) is 0 Å². The lowest BCUT2D eigenvalue weighted by molar-refractivity contribution is 1.04. The van der Waals surface area contributed by atoms with Gasteiger partial charge in [-0.1, -0.05) is 34.3 Å². The highest BCUT2D eigenvalue weighted by Gasteiger charge is 1.81. The van der Waals surface area contributed by atoms with Gasteiger partial charge in [0.1, 0.15) is 0 Å². The molecule has 1 nitrogen and oxygen atoms in total. The smallest absolute Gasteiger partial charge is 0.0400 e. The lowest BCUT2D eigenvalue weighted by Gasteiger charge is -1.88. The van der Waals surface area contributed by atoms with Gasteiger partial charge in [-0.2, -0.15) is 0 Å². The topological polar surface area (TPSA) is 12.9 Å². The molecule has 0 unspecified atom stereocenters. The fourth-order valence-electron chi connectivity index (χ4n) is 0.607. The number of aryl methyl sites for hydroxylation is 1. The maximum Gasteiger partial charge on any atom is 0.0400 e. The van der Waals surface area contributed by atoms with E-state index in [4.69, 9.17) is 0 Å². The summed E-state index contributed by atoms with van der Waals surface area (Å²) in [5.41, 5.74) is 1.16. The Morgan fingerprint density at radius 2 is 1.91 bits per heavy atom. The minimum atomic E-state index is 0. The Bertz CT molecular complexity index is 146. The highest BCUT2D eigenvalue weighted by Crippen LogP contribution is 1.91. The number of nitrogens with zero attached hydrogens (tertiary/aromatic N) is 1. The molecule has 1 aromatic heterocycles. The molecular formula is C10H19N. The van der Waals surface area contributed by atoms with Gasteiger partial charge in [0.15, 0.2) is 0 Å². The largest absolute Gasteiger partial charge is 0.261 e. The molecule has 0 aromatic carbocycles. The Labute approximate surface area is 70.5 Å². The van der Waals surface area contributed by atoms with Gasteiger partial charge in [-0.05, 0) is 18.6 Å². The number of hydrogen-bond donors (Lipinski definition) is 0. The van der Waals surface area contributed by atoms with E-state index in [-0.39, 0.29) is 7.43 Å². The van der Waals surface area contributed by atoms with E-state index in [0.717, 1.165) is 12.1 Å². The number of pyridine rings is 1. The molecule has 0 bridgehead atoms. The second kappa shape index (κ2) is 9.15. The molecule has 0 amide bonds. The molecule has 64 valence electrons. The van der Waals surface area contributed by atoms with Crippen molar-refractivity contribution in [3.8, 4) is 0 Å². The number of aromatic nitrogens is 1. The van der Waals surface area contributed by atoms with Crippen LogP contribution in [-0.4, -0.2) is 4.98 Å². The van der Waals surface area contributed by atoms with Crippen LogP contribution in [0.1, 0.15) is 33.9 Å². The molecule has 0 atom stereocenters. The van der Waals surface area contributed by atoms with Crippen molar-refractivity contribution in [1.82, 2.24) is 4.98 Å². The maximum absolute atomic E-state index is 4.10. The second-order valence-corrected chi connectivity index (χ2v) is 1.67. The van der Waals surface area contributed by atoms with Crippen molar-refractivity contribution in [1.29, 1.82) is 0 Å². The SMILES string of the molecule is C.CC.CCc1ccccn1. The van der Waals surface area contributed by atoms with Gasteiger partial charge in [0.2, 0.25) is 0 Å². The van der Waals surface area contributed by atoms with Crippen molar-refractivity contribution >= 4 is 0 Å². The third kappa shape index (κ3) is 5.59. The van der Waals surface area contributed by atoms with Gasteiger partial charge in [0.25, 0.3) is 0 Å². The van der Waals surface area contributed by atoms with Gasteiger partial charge < -0.3 is 0 Å². The highest BCUT2D eigenvalue weighted by atomic mass is 14.6. The van der Waals surface area contributed by atoms with Crippen molar-refractivity contribution in [3.63, 3.8) is 0 Å². The zero-order chi connectivity index (χ0) is 7.82. The molecule has 0 aliphatic rings. The fraction of sp³-hybridized carbons (Fsp3) is 0.500. The van der Waals surface area contributed by atoms with Crippen LogP contribution in [-0.2, 0) is 6.42 Å². The first kappa shape index (κ1) is 12.8. The van der Waals surface area contributed by atoms with Crippen LogP contribution in [0, 0.1) is 0 Å². The Kier molecular flexibility index (Phi) is 10.6. The molecule has 0 aliphatic carbocycles. The summed E-state index contributed by atoms with van der Waals surface area (Å²) in [4.78, 5) is 4.10. The zero-order valence-electron chi connectivity index (χ0n) is 6.96. The van der Waals surface area contributed by atoms with Gasteiger partial charge in [-0.25, -0.2) is 0 Å². The van der Waals surface area contributed by atoms with E-state index in [1.807, 2.05) is 38.2 Å². The molecular weight excluding hydrogens is 134 g/mol. The minimum absolute atomic E-state index is 0. The van der Waals surface area contributed by atoms with E-state index >= 15 is 0 Å². The summed E-state index contributed by atoms with van der Waals surface area (Å²) in [7, 11) is 0. The lowest BCUT2D eigenvalue weighted by Crippen LogP contribution is -1.81. The van der Waals surface area contributed by atoms with Crippen LogP contribution in [0.2, 0.25) is 0 Å². The van der Waals surface area contributed by atoms with Crippen LogP contribution in [0.5, 0.6) is 0 Å². The maximum atomic E-state index is 4.10. The van der Waals surface area contributed by atoms with Crippen molar-refractivity contribution in [2.75, 3.05) is 0 Å². The predicted molar refractivity (Wildman–Crippen MR) is 51.7 cm³/mol. The molecule has 0 fully saturated rings. The van der Waals surface area contributed by atoms with Crippen LogP contribution in [0.25, 0.3) is 0 Å². The summed E-state index contributed by atoms with van der Waals surface area (Å²) in [6, 6.07) is 5.96. The first-order chi connectivity index (χ1) is 4.93. The van der Waals surface area contributed by atoms with E-state index in [1.54, 1.807) is 0 Å². The quantitative estimate of drug-likeness (QED) is 0.603. The van der Waals surface area contributed by atoms with Gasteiger partial charge >= 0.3 is 0 Å². The van der Waals surface area contributed by atoms with Crippen LogP contribution >= 0.6 is 0 Å². The van der Waals surface area contributed by atoms with Gasteiger partial charge in [0.05, 0.1) is 0 Å². The van der Waals surface area contributed by atoms with Crippen molar-refractivity contribution in [2.45, 2.75) is 34.6 Å². The Morgan fingerprint density at radius 3 is 2.18 bits per heavy atom. The van der Waals surface area contributed by atoms with Crippen LogP contribution in [0.4, 0.5) is 0 Å². The molecule has 1 heteroatoms. The van der Waals surface area contributed by atoms with Crippen molar-refractivity contribution in [2.24, 2.45) is 0 Å². The van der Waals surface area contributed by atoms with Crippen LogP contribution < -0.4 is 0 Å². The fourth-order valence-corrected chi connectivity index (χ4v) is 0.607. The monoisotopic (exact) mass is 153 g/mol. The molecule has 0 aliphatic heterocycles. The number of rotatable bonds is 1. The average molecular weight is 153 g/mol. The molecule has 0 saturated carbocycles. The molecule has 0 spiro atoms. The Hall–Kier alpha value is -0.850. The molecule has 0 radical (unpaired) electrons. The third-order valence-corrected chi connectivity index (χ3v) is 1.09. The standard InChI is InChI=1S/C7H9N.C2H6.CH4/c1-2-7-5-3-4-6-8-7;1-2;/h3-6H,2H2,1H3;1-2H3;1H4. The number of hydrogen-bond acceptors (Lipinski definition) is 1. The molecule has 0 N–H and O–H groups in total. The predicted octanol–water partition coefficient (Wildman–Crippen LogP) is 3.31. The first-order valence-electron chi connectivity index (χ1n) is 3.83. The van der Waals surface area contributed by atoms with Gasteiger partial charge in [-0.15, -0.1) is 0 Å². The van der Waals surface area contributed by atoms with Crippen LogP contribution in [0.15, 0.2) is 24.4 Å². The highest BCUT2D eigenvalue weighted by molar-refractivity contribution is 5.02. The van der Waals surface area contributed by atoms with Crippen molar-refractivity contribution in [3.05, 3.63) is 30.1 Å². The summed E-state index contributed by atoms with van der Waals surface area (Å²) >= 11 is 0. The van der Waals surface area contributed by atoms with Gasteiger partial charge in [0, 0.05) is 11.9 Å². The molecule has 1 rings (SSSR count). The third-order valence-electron chi connectivity index (χ3n) is 1.09. The van der Waals surface area contributed by atoms with Crippen molar-refractivity contribution < 1.29 is 0 Å². The molecule has 11 heavy (non-hydrogen) atoms. The van der Waals surface area contributed by atoms with E-state index in [9.17, 15) is 0 Å².